The lowest BCUT2D eigenvalue weighted by Gasteiger charge is -2.30. The van der Waals surface area contributed by atoms with Crippen molar-refractivity contribution in [3.05, 3.63) is 35.4 Å². The first-order chi connectivity index (χ1) is 11.4. The monoisotopic (exact) mass is 333 g/mol. The van der Waals surface area contributed by atoms with Crippen LogP contribution in [0.25, 0.3) is 0 Å². The lowest BCUT2D eigenvalue weighted by molar-refractivity contribution is -0.133. The van der Waals surface area contributed by atoms with Crippen LogP contribution in [-0.2, 0) is 4.79 Å². The van der Waals surface area contributed by atoms with Crippen LogP contribution in [0.4, 0.5) is 0 Å². The molecule has 0 spiro atoms. The molecule has 1 aliphatic rings. The second kappa shape index (κ2) is 7.92. The summed E-state index contributed by atoms with van der Waals surface area (Å²) in [4.78, 5) is 26.4. The molecule has 0 radical (unpaired) electrons. The number of aliphatic hydroxyl groups excluding tert-OH is 1. The smallest absolute Gasteiger partial charge is 0.223 e. The van der Waals surface area contributed by atoms with E-state index in [1.807, 2.05) is 0 Å². The molecule has 130 valence electrons. The predicted octanol–water partition coefficient (Wildman–Crippen LogP) is 0.973. The number of nitrogens with zero attached hydrogens (tertiary/aromatic N) is 2. The number of benzene rings is 1. The van der Waals surface area contributed by atoms with Gasteiger partial charge in [0.1, 0.15) is 0 Å². The Balaban J connectivity index is 1.95. The number of amidine groups is 1. The van der Waals surface area contributed by atoms with Gasteiger partial charge in [-0.05, 0) is 12.8 Å². The largest absolute Gasteiger partial charge is 0.409 e. The third kappa shape index (κ3) is 4.32. The van der Waals surface area contributed by atoms with Crippen molar-refractivity contribution in [3.63, 3.8) is 0 Å². The van der Waals surface area contributed by atoms with E-state index in [2.05, 4.69) is 5.16 Å². The number of amides is 1. The number of hydrogen-bond donors (Lipinski definition) is 3. The fourth-order valence-electron chi connectivity index (χ4n) is 2.75. The molecule has 1 saturated heterocycles. The van der Waals surface area contributed by atoms with Crippen molar-refractivity contribution in [3.8, 4) is 0 Å². The van der Waals surface area contributed by atoms with Crippen LogP contribution in [0.3, 0.4) is 0 Å². The van der Waals surface area contributed by atoms with Crippen molar-refractivity contribution >= 4 is 17.5 Å². The Kier molecular flexibility index (Phi) is 5.92. The van der Waals surface area contributed by atoms with Crippen LogP contribution in [0.1, 0.15) is 42.1 Å². The normalized spacial score (nSPS) is 17.6. The lowest BCUT2D eigenvalue weighted by Crippen LogP contribution is -2.41. The van der Waals surface area contributed by atoms with Crippen molar-refractivity contribution in [2.75, 3.05) is 13.1 Å². The standard InChI is InChI=1S/C17H23N3O4/c1-11(10-15(22)20-8-6-14(21)7-9-20)16(23)12-2-4-13(5-3-12)17(18)19-24/h2-5,11,14,21,24H,6-10H2,1H3,(H2,18,19). The first-order valence-corrected chi connectivity index (χ1v) is 8.00. The number of carbonyl (C=O) groups is 2. The number of likely N-dealkylation sites (tertiary alicyclic amines) is 1. The first kappa shape index (κ1) is 17.9. The Labute approximate surface area is 140 Å². The molecule has 24 heavy (non-hydrogen) atoms. The number of rotatable bonds is 5. The molecule has 2 rings (SSSR count). The van der Waals surface area contributed by atoms with Gasteiger partial charge in [-0.2, -0.15) is 0 Å². The SMILES string of the molecule is CC(CC(=O)N1CCC(O)CC1)C(=O)c1ccc(C(N)=NO)cc1. The Morgan fingerprint density at radius 1 is 1.25 bits per heavy atom. The highest BCUT2D eigenvalue weighted by Gasteiger charge is 2.25. The van der Waals surface area contributed by atoms with Gasteiger partial charge in [0, 0.05) is 36.6 Å². The van der Waals surface area contributed by atoms with Crippen molar-refractivity contribution in [2.45, 2.75) is 32.3 Å². The second-order valence-corrected chi connectivity index (χ2v) is 6.14. The van der Waals surface area contributed by atoms with Crippen LogP contribution >= 0.6 is 0 Å². The highest BCUT2D eigenvalue weighted by atomic mass is 16.4. The molecular formula is C17H23N3O4. The molecule has 1 atom stereocenters. The number of piperidine rings is 1. The van der Waals surface area contributed by atoms with E-state index >= 15 is 0 Å². The van der Waals surface area contributed by atoms with Gasteiger partial charge in [-0.1, -0.05) is 36.3 Å². The molecule has 1 aliphatic heterocycles. The van der Waals surface area contributed by atoms with E-state index in [-0.39, 0.29) is 30.1 Å². The van der Waals surface area contributed by atoms with Crippen LogP contribution in [0, 0.1) is 5.92 Å². The average Bonchev–Trinajstić information content (AvgIpc) is 2.61. The highest BCUT2D eigenvalue weighted by molar-refractivity contribution is 6.01. The number of carbonyl (C=O) groups excluding carboxylic acids is 2. The van der Waals surface area contributed by atoms with E-state index in [9.17, 15) is 14.7 Å². The van der Waals surface area contributed by atoms with Crippen LogP contribution in [-0.4, -0.2) is 51.9 Å². The Bertz CT molecular complexity index is 619. The molecule has 1 fully saturated rings. The summed E-state index contributed by atoms with van der Waals surface area (Å²) < 4.78 is 0. The molecule has 1 unspecified atom stereocenters. The van der Waals surface area contributed by atoms with Gasteiger partial charge < -0.3 is 20.9 Å². The van der Waals surface area contributed by atoms with Crippen molar-refractivity contribution in [2.24, 2.45) is 16.8 Å². The van der Waals surface area contributed by atoms with E-state index < -0.39 is 5.92 Å². The summed E-state index contributed by atoms with van der Waals surface area (Å²) in [5.74, 6) is -0.633. The minimum absolute atomic E-state index is 0.0236. The van der Waals surface area contributed by atoms with Crippen LogP contribution < -0.4 is 5.73 Å². The maximum atomic E-state index is 12.4. The second-order valence-electron chi connectivity index (χ2n) is 6.14. The maximum absolute atomic E-state index is 12.4. The summed E-state index contributed by atoms with van der Waals surface area (Å²) in [6.45, 7) is 2.81. The number of ketones is 1. The zero-order valence-electron chi connectivity index (χ0n) is 13.7. The van der Waals surface area contributed by atoms with E-state index in [1.165, 1.54) is 0 Å². The molecular weight excluding hydrogens is 310 g/mol. The van der Waals surface area contributed by atoms with Crippen LogP contribution in [0.15, 0.2) is 29.4 Å². The van der Waals surface area contributed by atoms with Gasteiger partial charge in [-0.3, -0.25) is 9.59 Å². The number of nitrogens with two attached hydrogens (primary N) is 1. The predicted molar refractivity (Wildman–Crippen MR) is 88.9 cm³/mol. The number of Topliss-reactive ketones (excluding diaryl/α,β-unsaturated/α-hetero) is 1. The third-order valence-electron chi connectivity index (χ3n) is 4.32. The fourth-order valence-corrected chi connectivity index (χ4v) is 2.75. The highest BCUT2D eigenvalue weighted by Crippen LogP contribution is 2.17. The lowest BCUT2D eigenvalue weighted by atomic mass is 9.94. The first-order valence-electron chi connectivity index (χ1n) is 8.00. The van der Waals surface area contributed by atoms with Crippen molar-refractivity contribution in [1.82, 2.24) is 4.90 Å². The van der Waals surface area contributed by atoms with Gasteiger partial charge in [-0.25, -0.2) is 0 Å². The van der Waals surface area contributed by atoms with Gasteiger partial charge >= 0.3 is 0 Å². The van der Waals surface area contributed by atoms with E-state index in [0.29, 0.717) is 37.1 Å². The third-order valence-corrected chi connectivity index (χ3v) is 4.32. The Hall–Kier alpha value is -2.41. The molecule has 7 heteroatoms. The van der Waals surface area contributed by atoms with Crippen LogP contribution in [0.5, 0.6) is 0 Å². The van der Waals surface area contributed by atoms with Gasteiger partial charge in [0.2, 0.25) is 5.91 Å². The molecule has 0 aliphatic carbocycles. The quantitative estimate of drug-likeness (QED) is 0.244. The molecule has 0 aromatic heterocycles. The zero-order chi connectivity index (χ0) is 17.7. The Morgan fingerprint density at radius 2 is 1.79 bits per heavy atom. The average molecular weight is 333 g/mol. The van der Waals surface area contributed by atoms with Gasteiger partial charge in [-0.15, -0.1) is 0 Å². The number of aliphatic hydroxyl groups is 1. The minimum Gasteiger partial charge on any atom is -0.409 e. The molecule has 1 aromatic rings. The zero-order valence-corrected chi connectivity index (χ0v) is 13.7. The summed E-state index contributed by atoms with van der Waals surface area (Å²) in [6, 6.07) is 6.41. The van der Waals surface area contributed by atoms with Crippen LogP contribution in [0.2, 0.25) is 0 Å². The number of oxime groups is 1. The van der Waals surface area contributed by atoms with Gasteiger partial charge in [0.15, 0.2) is 11.6 Å². The van der Waals surface area contributed by atoms with Crippen molar-refractivity contribution in [1.29, 1.82) is 0 Å². The summed E-state index contributed by atoms with van der Waals surface area (Å²) in [5, 5.41) is 21.0. The minimum atomic E-state index is -0.431. The van der Waals surface area contributed by atoms with E-state index in [4.69, 9.17) is 10.9 Å². The molecule has 0 bridgehead atoms. The molecule has 1 amide bonds. The maximum Gasteiger partial charge on any atom is 0.223 e. The molecule has 7 nitrogen and oxygen atoms in total. The molecule has 0 saturated carbocycles. The van der Waals surface area contributed by atoms with E-state index in [1.54, 1.807) is 36.1 Å². The van der Waals surface area contributed by atoms with E-state index in [0.717, 1.165) is 0 Å². The molecule has 1 aromatic carbocycles. The van der Waals surface area contributed by atoms with Gasteiger partial charge in [0.25, 0.3) is 0 Å². The summed E-state index contributed by atoms with van der Waals surface area (Å²) in [5.41, 5.74) is 6.49. The molecule has 1 heterocycles. The van der Waals surface area contributed by atoms with Gasteiger partial charge in [0.05, 0.1) is 6.10 Å². The van der Waals surface area contributed by atoms with Crippen molar-refractivity contribution < 1.29 is 19.9 Å². The summed E-state index contributed by atoms with van der Waals surface area (Å²) >= 11 is 0. The fraction of sp³-hybridized carbons (Fsp3) is 0.471. The number of hydrogen-bond acceptors (Lipinski definition) is 5. The molecule has 4 N–H and O–H groups in total. The summed E-state index contributed by atoms with van der Waals surface area (Å²) in [6.07, 6.45) is 0.991. The Morgan fingerprint density at radius 3 is 2.33 bits per heavy atom. The topological polar surface area (TPSA) is 116 Å². The summed E-state index contributed by atoms with van der Waals surface area (Å²) in [7, 11) is 0.